The number of rotatable bonds is 7. The first-order valence-electron chi connectivity index (χ1n) is 10.3. The van der Waals surface area contributed by atoms with Crippen LogP contribution in [0.5, 0.6) is 0 Å². The summed E-state index contributed by atoms with van der Waals surface area (Å²) in [4.78, 5) is 24.3. The number of benzene rings is 2. The zero-order chi connectivity index (χ0) is 21.3. The van der Waals surface area contributed by atoms with Gasteiger partial charge in [0, 0.05) is 35.2 Å². The number of urea groups is 1. The third kappa shape index (κ3) is 6.92. The maximum atomic E-state index is 12.2. The van der Waals surface area contributed by atoms with Gasteiger partial charge in [0.05, 0.1) is 0 Å². The van der Waals surface area contributed by atoms with E-state index in [1.54, 1.807) is 24.3 Å². The Morgan fingerprint density at radius 1 is 0.833 bits per heavy atom. The van der Waals surface area contributed by atoms with Crippen LogP contribution in [0.1, 0.15) is 41.6 Å². The number of hydrogen-bond acceptors (Lipinski definition) is 2. The molecule has 30 heavy (non-hydrogen) atoms. The minimum absolute atomic E-state index is 0.0866. The van der Waals surface area contributed by atoms with Crippen LogP contribution < -0.4 is 16.0 Å². The zero-order valence-electron chi connectivity index (χ0n) is 16.8. The Labute approximate surface area is 187 Å². The summed E-state index contributed by atoms with van der Waals surface area (Å²) >= 11 is 12.0. The normalized spacial score (nSPS) is 18.5. The minimum Gasteiger partial charge on any atom is -0.352 e. The molecule has 160 valence electrons. The molecule has 3 N–H and O–H groups in total. The van der Waals surface area contributed by atoms with Gasteiger partial charge in [-0.15, -0.1) is 0 Å². The van der Waals surface area contributed by atoms with E-state index in [2.05, 4.69) is 16.0 Å². The molecule has 0 spiro atoms. The molecule has 1 aliphatic rings. The van der Waals surface area contributed by atoms with Crippen LogP contribution >= 0.6 is 23.2 Å². The predicted molar refractivity (Wildman–Crippen MR) is 121 cm³/mol. The molecule has 0 unspecified atom stereocenters. The Morgan fingerprint density at radius 3 is 2.17 bits per heavy atom. The molecule has 0 aromatic heterocycles. The molecule has 3 rings (SSSR count). The molecule has 0 saturated heterocycles. The number of amides is 3. The predicted octanol–water partition coefficient (Wildman–Crippen LogP) is 5.03. The number of halogens is 2. The summed E-state index contributed by atoms with van der Waals surface area (Å²) in [5.41, 5.74) is 1.48. The molecule has 1 fully saturated rings. The molecule has 0 bridgehead atoms. The monoisotopic (exact) mass is 447 g/mol. The number of hydrogen-bond donors (Lipinski definition) is 3. The highest BCUT2D eigenvalue weighted by Gasteiger charge is 2.22. The second-order valence-corrected chi connectivity index (χ2v) is 8.61. The van der Waals surface area contributed by atoms with Gasteiger partial charge in [0.2, 0.25) is 0 Å². The first-order chi connectivity index (χ1) is 14.5. The van der Waals surface area contributed by atoms with Crippen LogP contribution in [0.4, 0.5) is 4.79 Å². The fourth-order valence-electron chi connectivity index (χ4n) is 3.73. The fraction of sp³-hybridized carbons (Fsp3) is 0.391. The highest BCUT2D eigenvalue weighted by molar-refractivity contribution is 6.31. The van der Waals surface area contributed by atoms with Crippen molar-refractivity contribution in [3.63, 3.8) is 0 Å². The molecule has 3 amide bonds. The SMILES string of the molecule is O=C(NCc1ccccc1Cl)NCC1CCC(CNC(=O)c2cccc(Cl)c2)CC1. The Morgan fingerprint density at radius 2 is 1.50 bits per heavy atom. The maximum Gasteiger partial charge on any atom is 0.315 e. The van der Waals surface area contributed by atoms with E-state index in [9.17, 15) is 9.59 Å². The summed E-state index contributed by atoms with van der Waals surface area (Å²) in [5.74, 6) is 0.853. The molecular weight excluding hydrogens is 421 g/mol. The van der Waals surface area contributed by atoms with E-state index in [0.717, 1.165) is 31.2 Å². The summed E-state index contributed by atoms with van der Waals surface area (Å²) < 4.78 is 0. The molecule has 0 heterocycles. The average molecular weight is 448 g/mol. The molecule has 1 saturated carbocycles. The lowest BCUT2D eigenvalue weighted by atomic mass is 9.82. The third-order valence-corrected chi connectivity index (χ3v) is 6.16. The van der Waals surface area contributed by atoms with Crippen molar-refractivity contribution >= 4 is 35.1 Å². The van der Waals surface area contributed by atoms with Crippen LogP contribution in [0.15, 0.2) is 48.5 Å². The highest BCUT2D eigenvalue weighted by atomic mass is 35.5. The molecule has 2 aromatic carbocycles. The Hall–Kier alpha value is -2.24. The van der Waals surface area contributed by atoms with Gasteiger partial charge in [-0.2, -0.15) is 0 Å². The molecule has 5 nitrogen and oxygen atoms in total. The minimum atomic E-state index is -0.175. The van der Waals surface area contributed by atoms with Crippen LogP contribution in [-0.4, -0.2) is 25.0 Å². The summed E-state index contributed by atoms with van der Waals surface area (Å²) in [5, 5.41) is 10.0. The van der Waals surface area contributed by atoms with Crippen molar-refractivity contribution in [3.8, 4) is 0 Å². The largest absolute Gasteiger partial charge is 0.352 e. The summed E-state index contributed by atoms with van der Waals surface area (Å²) in [6.07, 6.45) is 4.18. The second-order valence-electron chi connectivity index (χ2n) is 7.76. The molecule has 0 atom stereocenters. The van der Waals surface area contributed by atoms with Crippen molar-refractivity contribution in [1.29, 1.82) is 0 Å². The van der Waals surface area contributed by atoms with Gasteiger partial charge in [-0.3, -0.25) is 4.79 Å². The lowest BCUT2D eigenvalue weighted by molar-refractivity contribution is 0.0941. The summed E-state index contributed by atoms with van der Waals surface area (Å²) in [7, 11) is 0. The van der Waals surface area contributed by atoms with Crippen molar-refractivity contribution in [3.05, 3.63) is 69.7 Å². The Balaban J connectivity index is 1.31. The van der Waals surface area contributed by atoms with Gasteiger partial charge in [0.25, 0.3) is 5.91 Å². The topological polar surface area (TPSA) is 70.2 Å². The van der Waals surface area contributed by atoms with E-state index in [1.165, 1.54) is 0 Å². The van der Waals surface area contributed by atoms with E-state index in [0.29, 0.717) is 47.1 Å². The number of carbonyl (C=O) groups is 2. The maximum absolute atomic E-state index is 12.2. The molecule has 1 aliphatic carbocycles. The van der Waals surface area contributed by atoms with Gasteiger partial charge < -0.3 is 16.0 Å². The summed E-state index contributed by atoms with van der Waals surface area (Å²) in [6.45, 7) is 1.74. The number of nitrogens with one attached hydrogen (secondary N) is 3. The Bertz CT molecular complexity index is 867. The van der Waals surface area contributed by atoms with Gasteiger partial charge in [-0.1, -0.05) is 47.5 Å². The lowest BCUT2D eigenvalue weighted by Gasteiger charge is -2.28. The molecular formula is C23H27Cl2N3O2. The summed E-state index contributed by atoms with van der Waals surface area (Å²) in [6, 6.07) is 14.3. The van der Waals surface area contributed by atoms with Crippen LogP contribution in [0, 0.1) is 11.8 Å². The number of carbonyl (C=O) groups excluding carboxylic acids is 2. The van der Waals surface area contributed by atoms with E-state index >= 15 is 0 Å². The van der Waals surface area contributed by atoms with Gasteiger partial charge in [-0.05, 0) is 67.3 Å². The van der Waals surface area contributed by atoms with Gasteiger partial charge in [0.1, 0.15) is 0 Å². The van der Waals surface area contributed by atoms with Crippen molar-refractivity contribution in [2.24, 2.45) is 11.8 Å². The van der Waals surface area contributed by atoms with Crippen LogP contribution in [0.3, 0.4) is 0 Å². The fourth-order valence-corrected chi connectivity index (χ4v) is 4.12. The average Bonchev–Trinajstić information content (AvgIpc) is 2.76. The van der Waals surface area contributed by atoms with Crippen molar-refractivity contribution in [2.45, 2.75) is 32.2 Å². The first kappa shape index (κ1) is 22.4. The van der Waals surface area contributed by atoms with Crippen LogP contribution in [0.2, 0.25) is 10.0 Å². The molecule has 0 radical (unpaired) electrons. The van der Waals surface area contributed by atoms with Gasteiger partial charge >= 0.3 is 6.03 Å². The zero-order valence-corrected chi connectivity index (χ0v) is 18.3. The Kier molecular flexibility index (Phi) is 8.40. The van der Waals surface area contributed by atoms with E-state index < -0.39 is 0 Å². The van der Waals surface area contributed by atoms with Crippen LogP contribution in [-0.2, 0) is 6.54 Å². The highest BCUT2D eigenvalue weighted by Crippen LogP contribution is 2.28. The van der Waals surface area contributed by atoms with E-state index in [4.69, 9.17) is 23.2 Å². The molecule has 0 aliphatic heterocycles. The van der Waals surface area contributed by atoms with Crippen LogP contribution in [0.25, 0.3) is 0 Å². The van der Waals surface area contributed by atoms with E-state index in [1.807, 2.05) is 24.3 Å². The molecule has 2 aromatic rings. The van der Waals surface area contributed by atoms with Crippen molar-refractivity contribution < 1.29 is 9.59 Å². The third-order valence-electron chi connectivity index (χ3n) is 5.55. The lowest BCUT2D eigenvalue weighted by Crippen LogP contribution is -2.39. The van der Waals surface area contributed by atoms with Gasteiger partial charge in [0.15, 0.2) is 0 Å². The smallest absolute Gasteiger partial charge is 0.315 e. The first-order valence-corrected chi connectivity index (χ1v) is 11.1. The van der Waals surface area contributed by atoms with Gasteiger partial charge in [-0.25, -0.2) is 4.79 Å². The van der Waals surface area contributed by atoms with Crippen molar-refractivity contribution in [1.82, 2.24) is 16.0 Å². The van der Waals surface area contributed by atoms with Crippen molar-refractivity contribution in [2.75, 3.05) is 13.1 Å². The van der Waals surface area contributed by atoms with E-state index in [-0.39, 0.29) is 11.9 Å². The molecule has 7 heteroatoms. The standard InChI is InChI=1S/C23H27Cl2N3O2/c24-20-6-3-5-18(12-20)22(29)26-13-16-8-10-17(11-9-16)14-27-23(30)28-15-19-4-1-2-7-21(19)25/h1-7,12,16-17H,8-11,13-15H2,(H,26,29)(H2,27,28,30). The second kappa shape index (κ2) is 11.2. The quantitative estimate of drug-likeness (QED) is 0.556.